The number of amides is 2. The molecular weight excluding hydrogens is 394 g/mol. The summed E-state index contributed by atoms with van der Waals surface area (Å²) in [7, 11) is 0. The van der Waals surface area contributed by atoms with Crippen LogP contribution >= 0.6 is 34.7 Å². The highest BCUT2D eigenvalue weighted by molar-refractivity contribution is 8.02. The molecule has 26 heavy (non-hydrogen) atoms. The van der Waals surface area contributed by atoms with Gasteiger partial charge in [0.05, 0.1) is 10.9 Å². The van der Waals surface area contributed by atoms with Crippen LogP contribution in [0.4, 0.5) is 10.8 Å². The lowest BCUT2D eigenvalue weighted by atomic mass is 10.4. The van der Waals surface area contributed by atoms with Crippen LogP contribution < -0.4 is 10.2 Å². The van der Waals surface area contributed by atoms with Gasteiger partial charge in [-0.05, 0) is 31.9 Å². The minimum Gasteiger partial charge on any atom is -0.322 e. The molecule has 3 rings (SSSR count). The van der Waals surface area contributed by atoms with E-state index in [0.717, 1.165) is 12.8 Å². The molecule has 1 aliphatic rings. The molecule has 10 heteroatoms. The van der Waals surface area contributed by atoms with Crippen molar-refractivity contribution in [2.75, 3.05) is 10.2 Å². The number of pyridine rings is 1. The Morgan fingerprint density at radius 3 is 2.88 bits per heavy atom. The zero-order chi connectivity index (χ0) is 18.7. The largest absolute Gasteiger partial charge is 0.322 e. The van der Waals surface area contributed by atoms with Gasteiger partial charge in [-0.3, -0.25) is 14.5 Å². The maximum Gasteiger partial charge on any atom is 0.237 e. The quantitative estimate of drug-likeness (QED) is 0.425. The summed E-state index contributed by atoms with van der Waals surface area (Å²) in [4.78, 5) is 30.2. The number of anilines is 2. The smallest absolute Gasteiger partial charge is 0.237 e. The first-order valence-electron chi connectivity index (χ1n) is 8.23. The Bertz CT molecular complexity index is 811. The first-order chi connectivity index (χ1) is 12.5. The lowest BCUT2D eigenvalue weighted by molar-refractivity contribution is -0.118. The number of nitrogens with one attached hydrogen (secondary N) is 1. The van der Waals surface area contributed by atoms with Gasteiger partial charge in [0.25, 0.3) is 0 Å². The van der Waals surface area contributed by atoms with Crippen molar-refractivity contribution in [2.24, 2.45) is 0 Å². The van der Waals surface area contributed by atoms with E-state index in [1.807, 2.05) is 6.92 Å². The van der Waals surface area contributed by atoms with Gasteiger partial charge >= 0.3 is 0 Å². The number of carbonyl (C=O) groups is 2. The zero-order valence-electron chi connectivity index (χ0n) is 14.3. The zero-order valence-corrected chi connectivity index (χ0v) is 16.7. The van der Waals surface area contributed by atoms with E-state index >= 15 is 0 Å². The highest BCUT2D eigenvalue weighted by Crippen LogP contribution is 2.37. The number of thioether (sulfide) groups is 1. The second kappa shape index (κ2) is 8.32. The fraction of sp³-hybridized carbons (Fsp3) is 0.438. The van der Waals surface area contributed by atoms with Crippen molar-refractivity contribution >= 4 is 57.3 Å². The van der Waals surface area contributed by atoms with Gasteiger partial charge in [-0.2, -0.15) is 0 Å². The number of aromatic nitrogens is 3. The van der Waals surface area contributed by atoms with E-state index in [2.05, 4.69) is 20.5 Å². The molecule has 1 fully saturated rings. The topological polar surface area (TPSA) is 88.1 Å². The Kier molecular flexibility index (Phi) is 6.10. The molecule has 1 saturated carbocycles. The molecule has 2 heterocycles. The van der Waals surface area contributed by atoms with E-state index in [9.17, 15) is 9.59 Å². The van der Waals surface area contributed by atoms with Gasteiger partial charge < -0.3 is 5.32 Å². The van der Waals surface area contributed by atoms with E-state index in [-0.39, 0.29) is 23.0 Å². The molecule has 0 bridgehead atoms. The van der Waals surface area contributed by atoms with Crippen molar-refractivity contribution in [2.45, 2.75) is 48.7 Å². The fourth-order valence-electron chi connectivity index (χ4n) is 2.24. The van der Waals surface area contributed by atoms with Crippen LogP contribution in [0.3, 0.4) is 0 Å². The number of hydrogen-bond donors (Lipinski definition) is 1. The van der Waals surface area contributed by atoms with Crippen LogP contribution in [0.5, 0.6) is 0 Å². The van der Waals surface area contributed by atoms with Crippen molar-refractivity contribution in [1.82, 2.24) is 15.2 Å². The molecule has 0 saturated heterocycles. The first-order valence-corrected chi connectivity index (χ1v) is 10.3. The Labute approximate surface area is 164 Å². The highest BCUT2D eigenvalue weighted by Gasteiger charge is 2.35. The summed E-state index contributed by atoms with van der Waals surface area (Å²) < 4.78 is 0.648. The molecule has 0 aromatic carbocycles. The molecule has 0 aliphatic heterocycles. The number of rotatable bonds is 7. The molecule has 2 amide bonds. The summed E-state index contributed by atoms with van der Waals surface area (Å²) in [5, 5.41) is 11.5. The van der Waals surface area contributed by atoms with E-state index in [1.165, 1.54) is 23.1 Å². The summed E-state index contributed by atoms with van der Waals surface area (Å²) in [5.41, 5.74) is 0.470. The Morgan fingerprint density at radius 1 is 1.46 bits per heavy atom. The summed E-state index contributed by atoms with van der Waals surface area (Å²) >= 11 is 8.59. The third-order valence-electron chi connectivity index (χ3n) is 3.75. The number of hydrogen-bond acceptors (Lipinski definition) is 7. The molecule has 2 aromatic heterocycles. The minimum absolute atomic E-state index is 0.0530. The Hall–Kier alpha value is -1.71. The van der Waals surface area contributed by atoms with Gasteiger partial charge in [0.15, 0.2) is 9.49 Å². The standard InChI is InChI=1S/C16H18ClN5O2S2/c1-3-12(23)22(10-6-7-10)15-20-21-16(26-15)25-9(2)14(24)19-11-5-4-8-18-13(11)17/h4-5,8-10H,3,6-7H2,1-2H3,(H,19,24)/t9-/m0/s1. The maximum absolute atomic E-state index is 12.4. The van der Waals surface area contributed by atoms with Crippen LogP contribution in [0, 0.1) is 0 Å². The molecule has 1 atom stereocenters. The van der Waals surface area contributed by atoms with E-state index in [1.54, 1.807) is 30.2 Å². The highest BCUT2D eigenvalue weighted by atomic mass is 35.5. The Morgan fingerprint density at radius 2 is 2.23 bits per heavy atom. The second-order valence-electron chi connectivity index (χ2n) is 5.79. The van der Waals surface area contributed by atoms with Gasteiger partial charge in [0.2, 0.25) is 16.9 Å². The van der Waals surface area contributed by atoms with Crippen molar-refractivity contribution in [3.63, 3.8) is 0 Å². The molecule has 138 valence electrons. The van der Waals surface area contributed by atoms with Crippen molar-refractivity contribution in [3.05, 3.63) is 23.5 Å². The molecule has 7 nitrogen and oxygen atoms in total. The van der Waals surface area contributed by atoms with Crippen LogP contribution in [-0.4, -0.2) is 38.3 Å². The summed E-state index contributed by atoms with van der Waals surface area (Å²) in [6, 6.07) is 3.63. The SMILES string of the molecule is CCC(=O)N(c1nnc(S[C@@H](C)C(=O)Nc2cccnc2Cl)s1)C1CC1. The van der Waals surface area contributed by atoms with Crippen molar-refractivity contribution in [3.8, 4) is 0 Å². The van der Waals surface area contributed by atoms with E-state index < -0.39 is 5.25 Å². The van der Waals surface area contributed by atoms with Crippen LogP contribution in [-0.2, 0) is 9.59 Å². The van der Waals surface area contributed by atoms with Crippen LogP contribution in [0.15, 0.2) is 22.7 Å². The van der Waals surface area contributed by atoms with Gasteiger partial charge in [-0.15, -0.1) is 10.2 Å². The van der Waals surface area contributed by atoms with E-state index in [0.29, 0.717) is 21.6 Å². The summed E-state index contributed by atoms with van der Waals surface area (Å²) in [5.74, 6) is -0.150. The predicted octanol–water partition coefficient (Wildman–Crippen LogP) is 3.61. The number of carbonyl (C=O) groups excluding carboxylic acids is 2. The molecule has 1 N–H and O–H groups in total. The van der Waals surface area contributed by atoms with Crippen LogP contribution in [0.2, 0.25) is 5.15 Å². The average molecular weight is 412 g/mol. The molecule has 0 radical (unpaired) electrons. The molecule has 0 spiro atoms. The first kappa shape index (κ1) is 19.1. The fourth-order valence-corrected chi connectivity index (χ4v) is 4.48. The minimum atomic E-state index is -0.400. The third kappa shape index (κ3) is 4.52. The normalized spacial score (nSPS) is 14.7. The monoisotopic (exact) mass is 411 g/mol. The predicted molar refractivity (Wildman–Crippen MR) is 104 cm³/mol. The summed E-state index contributed by atoms with van der Waals surface area (Å²) in [6.07, 6.45) is 3.99. The van der Waals surface area contributed by atoms with Gasteiger partial charge in [0, 0.05) is 18.7 Å². The summed E-state index contributed by atoms with van der Waals surface area (Å²) in [6.45, 7) is 3.62. The van der Waals surface area contributed by atoms with Gasteiger partial charge in [0.1, 0.15) is 0 Å². The maximum atomic E-state index is 12.4. The van der Waals surface area contributed by atoms with Gasteiger partial charge in [-0.25, -0.2) is 4.98 Å². The lowest BCUT2D eigenvalue weighted by Gasteiger charge is -2.17. The molecule has 1 aliphatic carbocycles. The Balaban J connectivity index is 1.63. The number of halogens is 1. The molecule has 2 aromatic rings. The van der Waals surface area contributed by atoms with Crippen LogP contribution in [0.1, 0.15) is 33.1 Å². The van der Waals surface area contributed by atoms with E-state index in [4.69, 9.17) is 11.6 Å². The molecule has 0 unspecified atom stereocenters. The second-order valence-corrected chi connectivity index (χ2v) is 8.69. The lowest BCUT2D eigenvalue weighted by Crippen LogP contribution is -2.32. The van der Waals surface area contributed by atoms with Crippen molar-refractivity contribution in [1.29, 1.82) is 0 Å². The third-order valence-corrected chi connectivity index (χ3v) is 6.16. The van der Waals surface area contributed by atoms with Crippen molar-refractivity contribution < 1.29 is 9.59 Å². The van der Waals surface area contributed by atoms with Gasteiger partial charge in [-0.1, -0.05) is 41.6 Å². The van der Waals surface area contributed by atoms with Crippen LogP contribution in [0.25, 0.3) is 0 Å². The average Bonchev–Trinajstić information content (AvgIpc) is 3.36. The number of nitrogens with zero attached hydrogens (tertiary/aromatic N) is 4. The molecular formula is C16H18ClN5O2S2.